The number of nitrogens with zero attached hydrogens (tertiary/aromatic N) is 2. The molecule has 1 N–H and O–H groups in total. The summed E-state index contributed by atoms with van der Waals surface area (Å²) < 4.78 is 1.15. The summed E-state index contributed by atoms with van der Waals surface area (Å²) in [5.41, 5.74) is 0.794. The minimum absolute atomic E-state index is 0.0970. The maximum absolute atomic E-state index is 13.0. The Bertz CT molecular complexity index is 772. The standard InChI is InChI=1S/C18H21N3O2S/c22-17-10-19-7-9-21(17)13-4-3-8-20(11-13)18(23)15-12-24-16-6-2-1-5-14(15)16/h1-2,5-6,12-13,19H,3-4,7-11H2. The lowest BCUT2D eigenvalue weighted by Crippen LogP contribution is -2.57. The van der Waals surface area contributed by atoms with Crippen LogP contribution in [0.5, 0.6) is 0 Å². The highest BCUT2D eigenvalue weighted by atomic mass is 32.1. The molecule has 0 spiro atoms. The van der Waals surface area contributed by atoms with Gasteiger partial charge in [0.25, 0.3) is 5.91 Å². The summed E-state index contributed by atoms with van der Waals surface area (Å²) >= 11 is 1.62. The molecule has 5 nitrogen and oxygen atoms in total. The van der Waals surface area contributed by atoms with Crippen LogP contribution in [0.2, 0.25) is 0 Å². The van der Waals surface area contributed by atoms with Crippen molar-refractivity contribution in [3.05, 3.63) is 35.2 Å². The molecule has 4 rings (SSSR count). The van der Waals surface area contributed by atoms with Crippen LogP contribution in [0.3, 0.4) is 0 Å². The molecular formula is C18H21N3O2S. The number of rotatable bonds is 2. The number of amides is 2. The summed E-state index contributed by atoms with van der Waals surface area (Å²) in [7, 11) is 0. The van der Waals surface area contributed by atoms with E-state index < -0.39 is 0 Å². The van der Waals surface area contributed by atoms with Gasteiger partial charge in [-0.05, 0) is 18.9 Å². The second-order valence-corrected chi connectivity index (χ2v) is 7.37. The highest BCUT2D eigenvalue weighted by Crippen LogP contribution is 2.28. The maximum Gasteiger partial charge on any atom is 0.255 e. The van der Waals surface area contributed by atoms with Crippen molar-refractivity contribution in [2.75, 3.05) is 32.7 Å². The van der Waals surface area contributed by atoms with Gasteiger partial charge in [0.15, 0.2) is 0 Å². The number of fused-ring (bicyclic) bond motifs is 1. The topological polar surface area (TPSA) is 52.7 Å². The number of benzene rings is 1. The number of nitrogens with one attached hydrogen (secondary N) is 1. The molecule has 24 heavy (non-hydrogen) atoms. The number of piperidine rings is 1. The van der Waals surface area contributed by atoms with E-state index in [1.807, 2.05) is 33.4 Å². The molecule has 6 heteroatoms. The second-order valence-electron chi connectivity index (χ2n) is 6.46. The molecule has 3 heterocycles. The zero-order valence-corrected chi connectivity index (χ0v) is 14.3. The smallest absolute Gasteiger partial charge is 0.255 e. The highest BCUT2D eigenvalue weighted by molar-refractivity contribution is 7.17. The average Bonchev–Trinajstić information content (AvgIpc) is 3.06. The largest absolute Gasteiger partial charge is 0.337 e. The minimum atomic E-state index is 0.0970. The first-order valence-electron chi connectivity index (χ1n) is 8.50. The van der Waals surface area contributed by atoms with E-state index in [2.05, 4.69) is 11.4 Å². The third kappa shape index (κ3) is 2.80. The van der Waals surface area contributed by atoms with E-state index in [0.717, 1.165) is 48.1 Å². The Balaban J connectivity index is 1.53. The van der Waals surface area contributed by atoms with E-state index >= 15 is 0 Å². The van der Waals surface area contributed by atoms with Crippen molar-refractivity contribution in [3.63, 3.8) is 0 Å². The summed E-state index contributed by atoms with van der Waals surface area (Å²) in [4.78, 5) is 29.0. The van der Waals surface area contributed by atoms with E-state index in [4.69, 9.17) is 0 Å². The van der Waals surface area contributed by atoms with Crippen LogP contribution in [0, 0.1) is 0 Å². The first-order chi connectivity index (χ1) is 11.7. The SMILES string of the molecule is O=C(c1csc2ccccc12)N1CCCC(N2CCNCC2=O)C1. The van der Waals surface area contributed by atoms with Crippen LogP contribution in [-0.2, 0) is 4.79 Å². The fourth-order valence-electron chi connectivity index (χ4n) is 3.71. The van der Waals surface area contributed by atoms with E-state index in [9.17, 15) is 9.59 Å². The lowest BCUT2D eigenvalue weighted by molar-refractivity contribution is -0.135. The number of thiophene rings is 1. The van der Waals surface area contributed by atoms with Gasteiger partial charge in [0.05, 0.1) is 12.1 Å². The zero-order valence-electron chi connectivity index (χ0n) is 13.5. The fraction of sp³-hybridized carbons (Fsp3) is 0.444. The molecule has 2 aliphatic heterocycles. The Hall–Kier alpha value is -1.92. The van der Waals surface area contributed by atoms with E-state index in [-0.39, 0.29) is 17.9 Å². The highest BCUT2D eigenvalue weighted by Gasteiger charge is 2.32. The molecule has 1 atom stereocenters. The van der Waals surface area contributed by atoms with Gasteiger partial charge in [0.2, 0.25) is 5.91 Å². The van der Waals surface area contributed by atoms with Crippen LogP contribution in [0.4, 0.5) is 0 Å². The summed E-state index contributed by atoms with van der Waals surface area (Å²) in [5, 5.41) is 6.11. The molecule has 0 radical (unpaired) electrons. The van der Waals surface area contributed by atoms with Gasteiger partial charge in [-0.1, -0.05) is 18.2 Å². The number of carbonyl (C=O) groups excluding carboxylic acids is 2. The van der Waals surface area contributed by atoms with Crippen LogP contribution in [0.15, 0.2) is 29.6 Å². The van der Waals surface area contributed by atoms with Gasteiger partial charge < -0.3 is 15.1 Å². The van der Waals surface area contributed by atoms with E-state index in [1.54, 1.807) is 11.3 Å². The van der Waals surface area contributed by atoms with Crippen molar-refractivity contribution in [1.29, 1.82) is 0 Å². The maximum atomic E-state index is 13.0. The van der Waals surface area contributed by atoms with Crippen molar-refractivity contribution in [2.45, 2.75) is 18.9 Å². The molecular weight excluding hydrogens is 322 g/mol. The zero-order chi connectivity index (χ0) is 16.5. The Morgan fingerprint density at radius 1 is 1.25 bits per heavy atom. The first kappa shape index (κ1) is 15.6. The molecule has 1 aromatic heterocycles. The summed E-state index contributed by atoms with van der Waals surface area (Å²) in [5.74, 6) is 0.251. The normalized spacial score (nSPS) is 22.2. The van der Waals surface area contributed by atoms with Crippen molar-refractivity contribution in [2.24, 2.45) is 0 Å². The number of likely N-dealkylation sites (tertiary alicyclic amines) is 1. The third-order valence-electron chi connectivity index (χ3n) is 4.96. The molecule has 126 valence electrons. The van der Waals surface area contributed by atoms with Crippen LogP contribution in [-0.4, -0.2) is 60.4 Å². The van der Waals surface area contributed by atoms with Gasteiger partial charge in [0, 0.05) is 47.7 Å². The van der Waals surface area contributed by atoms with Crippen molar-refractivity contribution in [1.82, 2.24) is 15.1 Å². The number of hydrogen-bond acceptors (Lipinski definition) is 4. The van der Waals surface area contributed by atoms with E-state index in [0.29, 0.717) is 13.1 Å². The Kier molecular flexibility index (Phi) is 4.24. The van der Waals surface area contributed by atoms with Gasteiger partial charge >= 0.3 is 0 Å². The van der Waals surface area contributed by atoms with Gasteiger partial charge in [-0.15, -0.1) is 11.3 Å². The fourth-order valence-corrected chi connectivity index (χ4v) is 4.65. The second kappa shape index (κ2) is 6.53. The predicted octanol–water partition coefficient (Wildman–Crippen LogP) is 1.94. The molecule has 2 aromatic rings. The minimum Gasteiger partial charge on any atom is -0.337 e. The quantitative estimate of drug-likeness (QED) is 0.907. The van der Waals surface area contributed by atoms with E-state index in [1.165, 1.54) is 0 Å². The number of hydrogen-bond donors (Lipinski definition) is 1. The lowest BCUT2D eigenvalue weighted by atomic mass is 10.0. The molecule has 1 aromatic carbocycles. The Labute approximate surface area is 145 Å². The lowest BCUT2D eigenvalue weighted by Gasteiger charge is -2.41. The van der Waals surface area contributed by atoms with Gasteiger partial charge in [-0.3, -0.25) is 9.59 Å². The monoisotopic (exact) mass is 343 g/mol. The molecule has 0 bridgehead atoms. The van der Waals surface area contributed by atoms with Crippen molar-refractivity contribution < 1.29 is 9.59 Å². The summed E-state index contributed by atoms with van der Waals surface area (Å²) in [6.07, 6.45) is 1.94. The number of carbonyl (C=O) groups is 2. The molecule has 2 amide bonds. The Morgan fingerprint density at radius 2 is 2.12 bits per heavy atom. The van der Waals surface area contributed by atoms with Crippen LogP contribution in [0.1, 0.15) is 23.2 Å². The van der Waals surface area contributed by atoms with Gasteiger partial charge in [-0.25, -0.2) is 0 Å². The van der Waals surface area contributed by atoms with Gasteiger partial charge in [0.1, 0.15) is 0 Å². The molecule has 2 saturated heterocycles. The average molecular weight is 343 g/mol. The number of piperazine rings is 1. The first-order valence-corrected chi connectivity index (χ1v) is 9.38. The Morgan fingerprint density at radius 3 is 3.00 bits per heavy atom. The molecule has 1 unspecified atom stereocenters. The predicted molar refractivity (Wildman–Crippen MR) is 95.3 cm³/mol. The van der Waals surface area contributed by atoms with Crippen LogP contribution in [0.25, 0.3) is 10.1 Å². The molecule has 0 saturated carbocycles. The van der Waals surface area contributed by atoms with Crippen molar-refractivity contribution in [3.8, 4) is 0 Å². The van der Waals surface area contributed by atoms with Crippen LogP contribution < -0.4 is 5.32 Å². The van der Waals surface area contributed by atoms with Crippen LogP contribution >= 0.6 is 11.3 Å². The summed E-state index contributed by atoms with van der Waals surface area (Å²) in [6, 6.07) is 8.20. The third-order valence-corrected chi connectivity index (χ3v) is 5.93. The summed E-state index contributed by atoms with van der Waals surface area (Å²) in [6.45, 7) is 3.42. The molecule has 0 aliphatic carbocycles. The molecule has 2 fully saturated rings. The van der Waals surface area contributed by atoms with Crippen molar-refractivity contribution >= 4 is 33.2 Å². The van der Waals surface area contributed by atoms with Gasteiger partial charge in [-0.2, -0.15) is 0 Å². The molecule has 2 aliphatic rings.